The first-order valence-electron chi connectivity index (χ1n) is 11.7. The van der Waals surface area contributed by atoms with Crippen LogP contribution >= 0.6 is 0 Å². The maximum absolute atomic E-state index is 12.1. The molecule has 1 aromatic rings. The average Bonchev–Trinajstić information content (AvgIpc) is 2.75. The summed E-state index contributed by atoms with van der Waals surface area (Å²) in [5.74, 6) is 1.65. The van der Waals surface area contributed by atoms with E-state index in [2.05, 4.69) is 23.7 Å². The topological polar surface area (TPSA) is 75.1 Å². The monoisotopic (exact) mass is 439 g/mol. The van der Waals surface area contributed by atoms with Crippen molar-refractivity contribution in [3.63, 3.8) is 0 Å². The van der Waals surface area contributed by atoms with Crippen molar-refractivity contribution < 1.29 is 19.4 Å². The van der Waals surface area contributed by atoms with Gasteiger partial charge < -0.3 is 24.4 Å². The van der Waals surface area contributed by atoms with E-state index in [1.54, 1.807) is 11.1 Å². The van der Waals surface area contributed by atoms with E-state index in [1.165, 1.54) is 6.42 Å². The number of ether oxygens (including phenoxy) is 2. The van der Waals surface area contributed by atoms with Crippen LogP contribution in [0.15, 0.2) is 18.3 Å². The second-order valence-electron chi connectivity index (χ2n) is 8.15. The molecule has 0 saturated carbocycles. The summed E-state index contributed by atoms with van der Waals surface area (Å²) in [4.78, 5) is 20.5. The summed E-state index contributed by atoms with van der Waals surface area (Å²) in [7, 11) is 0. The number of hydrogen-bond acceptors (Lipinski definition) is 6. The van der Waals surface area contributed by atoms with Gasteiger partial charge in [0.2, 0.25) is 0 Å². The van der Waals surface area contributed by atoms with E-state index in [1.807, 2.05) is 46.8 Å². The SMILES string of the molecule is CC.CC(C)(C)OC(=O)N1CCN(c2ccc(OCCCCCO)cn2)CC1.CCC. The minimum absolute atomic E-state index is 0.234. The van der Waals surface area contributed by atoms with Crippen molar-refractivity contribution in [3.05, 3.63) is 18.3 Å². The number of rotatable bonds is 7. The lowest BCUT2D eigenvalue weighted by Gasteiger charge is -2.36. The number of carbonyl (C=O) groups excluding carboxylic acids is 1. The molecule has 0 aliphatic carbocycles. The molecule has 1 N–H and O–H groups in total. The average molecular weight is 440 g/mol. The van der Waals surface area contributed by atoms with Crippen LogP contribution in [0.3, 0.4) is 0 Å². The number of aromatic nitrogens is 1. The highest BCUT2D eigenvalue weighted by atomic mass is 16.6. The molecule has 1 aliphatic rings. The zero-order chi connectivity index (χ0) is 23.7. The van der Waals surface area contributed by atoms with Crippen LogP contribution in [0, 0.1) is 0 Å². The maximum Gasteiger partial charge on any atom is 0.410 e. The molecule has 0 atom stereocenters. The Labute approximate surface area is 189 Å². The highest BCUT2D eigenvalue weighted by Crippen LogP contribution is 2.19. The molecule has 1 amide bonds. The second kappa shape index (κ2) is 16.6. The molecule has 1 aliphatic heterocycles. The number of aliphatic hydroxyl groups is 1. The Kier molecular flexibility index (Phi) is 15.6. The highest BCUT2D eigenvalue weighted by Gasteiger charge is 2.26. The van der Waals surface area contributed by atoms with E-state index in [9.17, 15) is 4.79 Å². The molecule has 7 nitrogen and oxygen atoms in total. The van der Waals surface area contributed by atoms with Gasteiger partial charge in [0.05, 0.1) is 12.8 Å². The Balaban J connectivity index is 0.00000165. The quantitative estimate of drug-likeness (QED) is 0.594. The number of amides is 1. The zero-order valence-electron chi connectivity index (χ0n) is 20.8. The first-order valence-corrected chi connectivity index (χ1v) is 11.7. The molecule has 7 heteroatoms. The van der Waals surface area contributed by atoms with Crippen LogP contribution in [0.2, 0.25) is 0 Å². The summed E-state index contributed by atoms with van der Waals surface area (Å²) in [5, 5.41) is 8.75. The van der Waals surface area contributed by atoms with E-state index < -0.39 is 5.60 Å². The molecule has 31 heavy (non-hydrogen) atoms. The lowest BCUT2D eigenvalue weighted by Crippen LogP contribution is -2.50. The van der Waals surface area contributed by atoms with Crippen LogP contribution in [0.1, 0.15) is 74.1 Å². The number of nitrogens with zero attached hydrogens (tertiary/aromatic N) is 3. The Morgan fingerprint density at radius 3 is 2.16 bits per heavy atom. The number of aliphatic hydroxyl groups excluding tert-OH is 1. The van der Waals surface area contributed by atoms with Crippen molar-refractivity contribution in [2.24, 2.45) is 0 Å². The fraction of sp³-hybridized carbons (Fsp3) is 0.750. The van der Waals surface area contributed by atoms with Crippen LogP contribution in [-0.2, 0) is 4.74 Å². The number of carbonyl (C=O) groups is 1. The number of unbranched alkanes of at least 4 members (excludes halogenated alkanes) is 2. The molecule has 1 aromatic heterocycles. The van der Waals surface area contributed by atoms with Crippen LogP contribution < -0.4 is 9.64 Å². The Bertz CT molecular complexity index is 565. The fourth-order valence-electron chi connectivity index (χ4n) is 2.67. The van der Waals surface area contributed by atoms with E-state index in [0.717, 1.165) is 43.9 Å². The molecule has 0 radical (unpaired) electrons. The van der Waals surface area contributed by atoms with Crippen molar-refractivity contribution in [3.8, 4) is 5.75 Å². The van der Waals surface area contributed by atoms with Crippen LogP contribution in [0.25, 0.3) is 0 Å². The van der Waals surface area contributed by atoms with Gasteiger partial charge >= 0.3 is 6.09 Å². The first kappa shape index (κ1) is 29.0. The lowest BCUT2D eigenvalue weighted by atomic mass is 10.2. The van der Waals surface area contributed by atoms with Gasteiger partial charge in [-0.2, -0.15) is 0 Å². The molecule has 1 fully saturated rings. The predicted molar refractivity (Wildman–Crippen MR) is 128 cm³/mol. The van der Waals surface area contributed by atoms with Gasteiger partial charge in [0.25, 0.3) is 0 Å². The molecular formula is C24H45N3O4. The van der Waals surface area contributed by atoms with Gasteiger partial charge in [-0.1, -0.05) is 34.1 Å². The van der Waals surface area contributed by atoms with Crippen molar-refractivity contribution in [2.45, 2.75) is 79.8 Å². The van der Waals surface area contributed by atoms with Crippen molar-refractivity contribution in [2.75, 3.05) is 44.3 Å². The van der Waals surface area contributed by atoms with Gasteiger partial charge in [0.15, 0.2) is 0 Å². The smallest absolute Gasteiger partial charge is 0.410 e. The molecular weight excluding hydrogens is 394 g/mol. The summed E-state index contributed by atoms with van der Waals surface area (Å²) in [5.41, 5.74) is -0.469. The number of piperazine rings is 1. The van der Waals surface area contributed by atoms with Crippen molar-refractivity contribution in [1.29, 1.82) is 0 Å². The number of pyridine rings is 1. The van der Waals surface area contributed by atoms with Gasteiger partial charge in [-0.15, -0.1) is 0 Å². The van der Waals surface area contributed by atoms with E-state index in [0.29, 0.717) is 19.7 Å². The van der Waals surface area contributed by atoms with Crippen molar-refractivity contribution in [1.82, 2.24) is 9.88 Å². The zero-order valence-corrected chi connectivity index (χ0v) is 20.8. The Morgan fingerprint density at radius 1 is 1.06 bits per heavy atom. The second-order valence-corrected chi connectivity index (χ2v) is 8.15. The van der Waals surface area contributed by atoms with Gasteiger partial charge in [-0.05, 0) is 52.2 Å². The third-order valence-corrected chi connectivity index (χ3v) is 4.05. The first-order chi connectivity index (χ1) is 14.8. The maximum atomic E-state index is 12.1. The van der Waals surface area contributed by atoms with Gasteiger partial charge in [0, 0.05) is 32.8 Å². The predicted octanol–water partition coefficient (Wildman–Crippen LogP) is 5.12. The van der Waals surface area contributed by atoms with Gasteiger partial charge in [-0.25, -0.2) is 9.78 Å². The third-order valence-electron chi connectivity index (χ3n) is 4.05. The third kappa shape index (κ3) is 13.1. The van der Waals surface area contributed by atoms with Gasteiger partial charge in [-0.3, -0.25) is 0 Å². The Hall–Kier alpha value is -2.02. The summed E-state index contributed by atoms with van der Waals surface area (Å²) in [6.45, 7) is 17.5. The van der Waals surface area contributed by atoms with Crippen LogP contribution in [0.4, 0.5) is 10.6 Å². The van der Waals surface area contributed by atoms with E-state index in [4.69, 9.17) is 14.6 Å². The molecule has 2 rings (SSSR count). The standard InChI is InChI=1S/C19H31N3O4.C3H8.C2H6/c1-19(2,3)26-18(24)22-11-9-21(10-12-22)17-8-7-16(15-20-17)25-14-6-4-5-13-23;1-3-2;1-2/h7-8,15,23H,4-6,9-14H2,1-3H3;3H2,1-2H3;1-2H3. The van der Waals surface area contributed by atoms with Crippen LogP contribution in [0.5, 0.6) is 5.75 Å². The van der Waals surface area contributed by atoms with Crippen LogP contribution in [-0.4, -0.2) is 66.1 Å². The summed E-state index contributed by atoms with van der Waals surface area (Å²) >= 11 is 0. The van der Waals surface area contributed by atoms with E-state index >= 15 is 0 Å². The molecule has 0 aromatic carbocycles. The summed E-state index contributed by atoms with van der Waals surface area (Å²) in [6.07, 6.45) is 5.44. The number of hydrogen-bond donors (Lipinski definition) is 1. The minimum atomic E-state index is -0.469. The van der Waals surface area contributed by atoms with Gasteiger partial charge in [0.1, 0.15) is 17.2 Å². The Morgan fingerprint density at radius 2 is 1.68 bits per heavy atom. The molecule has 180 valence electrons. The molecule has 1 saturated heterocycles. The summed E-state index contributed by atoms with van der Waals surface area (Å²) < 4.78 is 11.1. The molecule has 0 bridgehead atoms. The largest absolute Gasteiger partial charge is 0.492 e. The normalized spacial score (nSPS) is 13.4. The van der Waals surface area contributed by atoms with E-state index in [-0.39, 0.29) is 12.7 Å². The molecule has 0 spiro atoms. The molecule has 0 unspecified atom stereocenters. The number of anilines is 1. The highest BCUT2D eigenvalue weighted by molar-refractivity contribution is 5.68. The minimum Gasteiger partial charge on any atom is -0.492 e. The lowest BCUT2D eigenvalue weighted by molar-refractivity contribution is 0.0240. The molecule has 2 heterocycles. The summed E-state index contributed by atoms with van der Waals surface area (Å²) in [6, 6.07) is 3.88. The fourth-order valence-corrected chi connectivity index (χ4v) is 2.67. The van der Waals surface area contributed by atoms with Crippen molar-refractivity contribution >= 4 is 11.9 Å².